The predicted octanol–water partition coefficient (Wildman–Crippen LogP) is 4.58. The van der Waals surface area contributed by atoms with Gasteiger partial charge < -0.3 is 5.11 Å². The molecule has 0 radical (unpaired) electrons. The number of aromatic nitrogens is 1. The fraction of sp³-hybridized carbons (Fsp3) is 0.200. The molecule has 3 nitrogen and oxygen atoms in total. The van der Waals surface area contributed by atoms with Crippen LogP contribution >= 0.6 is 11.8 Å². The fourth-order valence-electron chi connectivity index (χ4n) is 1.86. The normalized spacial score (nSPS) is 11.5. The Morgan fingerprint density at radius 2 is 1.82 bits per heavy atom. The van der Waals surface area contributed by atoms with Gasteiger partial charge in [-0.2, -0.15) is 13.2 Å². The Morgan fingerprint density at radius 1 is 1.18 bits per heavy atom. The van der Waals surface area contributed by atoms with E-state index in [-0.39, 0.29) is 5.69 Å². The third-order valence-electron chi connectivity index (χ3n) is 2.87. The zero-order valence-electron chi connectivity index (χ0n) is 11.5. The van der Waals surface area contributed by atoms with Gasteiger partial charge in [-0.1, -0.05) is 19.1 Å². The molecule has 1 aromatic carbocycles. The molecule has 116 valence electrons. The monoisotopic (exact) mass is 327 g/mol. The first-order valence-corrected chi connectivity index (χ1v) is 7.36. The molecule has 1 heterocycles. The van der Waals surface area contributed by atoms with E-state index in [1.165, 1.54) is 23.9 Å². The Hall–Kier alpha value is -2.02. The minimum atomic E-state index is -4.40. The third-order valence-corrected chi connectivity index (χ3v) is 3.80. The largest absolute Gasteiger partial charge is 0.476 e. The van der Waals surface area contributed by atoms with Crippen LogP contribution in [0.1, 0.15) is 23.0 Å². The third kappa shape index (κ3) is 3.59. The number of hydrogen-bond acceptors (Lipinski definition) is 3. The lowest BCUT2D eigenvalue weighted by atomic mass is 10.1. The van der Waals surface area contributed by atoms with Crippen LogP contribution in [0.4, 0.5) is 13.2 Å². The number of carboxylic acids is 1. The van der Waals surface area contributed by atoms with E-state index in [1.807, 2.05) is 6.92 Å². The van der Waals surface area contributed by atoms with Gasteiger partial charge >= 0.3 is 12.1 Å². The molecule has 2 aromatic rings. The summed E-state index contributed by atoms with van der Waals surface area (Å²) in [6.07, 6.45) is -4.40. The maximum absolute atomic E-state index is 12.5. The number of benzene rings is 1. The number of nitrogens with zero attached hydrogens (tertiary/aromatic N) is 1. The van der Waals surface area contributed by atoms with Crippen LogP contribution in [-0.4, -0.2) is 21.8 Å². The molecule has 0 amide bonds. The van der Waals surface area contributed by atoms with Gasteiger partial charge in [-0.15, -0.1) is 11.8 Å². The molecule has 0 aliphatic carbocycles. The topological polar surface area (TPSA) is 50.2 Å². The van der Waals surface area contributed by atoms with Crippen LogP contribution in [-0.2, 0) is 6.18 Å². The lowest BCUT2D eigenvalue weighted by molar-refractivity contribution is -0.137. The second-order valence-corrected chi connectivity index (χ2v) is 5.66. The van der Waals surface area contributed by atoms with Gasteiger partial charge in [0, 0.05) is 10.5 Å². The van der Waals surface area contributed by atoms with Gasteiger partial charge in [-0.05, 0) is 30.0 Å². The fourth-order valence-corrected chi connectivity index (χ4v) is 2.61. The number of pyridine rings is 1. The molecule has 1 N–H and O–H groups in total. The molecule has 0 unspecified atom stereocenters. The van der Waals surface area contributed by atoms with Gasteiger partial charge in [0.25, 0.3) is 0 Å². The van der Waals surface area contributed by atoms with Crippen molar-refractivity contribution in [1.29, 1.82) is 0 Å². The second-order valence-electron chi connectivity index (χ2n) is 4.36. The first kappa shape index (κ1) is 16.4. The number of alkyl halides is 3. The van der Waals surface area contributed by atoms with Gasteiger partial charge in [0.2, 0.25) is 0 Å². The lowest BCUT2D eigenvalue weighted by Gasteiger charge is -2.09. The maximum Gasteiger partial charge on any atom is 0.416 e. The predicted molar refractivity (Wildman–Crippen MR) is 78.0 cm³/mol. The molecule has 0 fully saturated rings. The first-order valence-electron chi connectivity index (χ1n) is 6.37. The van der Waals surface area contributed by atoms with Crippen molar-refractivity contribution in [3.05, 3.63) is 47.7 Å². The Morgan fingerprint density at radius 3 is 2.32 bits per heavy atom. The van der Waals surface area contributed by atoms with E-state index >= 15 is 0 Å². The molecule has 0 aliphatic rings. The van der Waals surface area contributed by atoms with Crippen molar-refractivity contribution in [2.75, 3.05) is 5.75 Å². The van der Waals surface area contributed by atoms with Crippen LogP contribution in [0.5, 0.6) is 0 Å². The summed E-state index contributed by atoms with van der Waals surface area (Å²) in [5.41, 5.74) is -0.0905. The standard InChI is InChI=1S/C15H12F3NO2S/c1-2-22-12-8-7-11(19-13(12)14(20)21)9-3-5-10(6-4-9)15(16,17)18/h3-8H,2H2,1H3,(H,20,21). The Bertz CT molecular complexity index is 684. The quantitative estimate of drug-likeness (QED) is 0.835. The number of rotatable bonds is 4. The van der Waals surface area contributed by atoms with Crippen LogP contribution in [0, 0.1) is 0 Å². The number of aromatic carboxylic acids is 1. The van der Waals surface area contributed by atoms with Crippen molar-refractivity contribution in [3.8, 4) is 11.3 Å². The summed E-state index contributed by atoms with van der Waals surface area (Å²) >= 11 is 1.35. The molecule has 0 aliphatic heterocycles. The summed E-state index contributed by atoms with van der Waals surface area (Å²) in [6, 6.07) is 7.69. The van der Waals surface area contributed by atoms with Crippen LogP contribution in [0.25, 0.3) is 11.3 Å². The van der Waals surface area contributed by atoms with Gasteiger partial charge in [0.15, 0.2) is 5.69 Å². The van der Waals surface area contributed by atoms with Gasteiger partial charge in [0.1, 0.15) is 0 Å². The number of carboxylic acid groups (broad SMARTS) is 1. The summed E-state index contributed by atoms with van der Waals surface area (Å²) in [5.74, 6) is -0.466. The highest BCUT2D eigenvalue weighted by atomic mass is 32.2. The van der Waals surface area contributed by atoms with Crippen LogP contribution in [0.15, 0.2) is 41.3 Å². The SMILES string of the molecule is CCSc1ccc(-c2ccc(C(F)(F)F)cc2)nc1C(=O)O. The summed E-state index contributed by atoms with van der Waals surface area (Å²) in [4.78, 5) is 15.8. The molecular weight excluding hydrogens is 315 g/mol. The highest BCUT2D eigenvalue weighted by Gasteiger charge is 2.30. The van der Waals surface area contributed by atoms with E-state index in [2.05, 4.69) is 4.98 Å². The molecule has 0 saturated heterocycles. The zero-order valence-corrected chi connectivity index (χ0v) is 12.3. The van der Waals surface area contributed by atoms with Crippen molar-refractivity contribution in [2.24, 2.45) is 0 Å². The summed E-state index contributed by atoms with van der Waals surface area (Å²) in [6.45, 7) is 1.89. The molecule has 0 atom stereocenters. The van der Waals surface area contributed by atoms with E-state index in [0.717, 1.165) is 12.1 Å². The number of carbonyl (C=O) groups is 1. The molecule has 0 spiro atoms. The van der Waals surface area contributed by atoms with E-state index in [0.29, 0.717) is 21.9 Å². The minimum Gasteiger partial charge on any atom is -0.476 e. The zero-order chi connectivity index (χ0) is 16.3. The highest BCUT2D eigenvalue weighted by Crippen LogP contribution is 2.31. The highest BCUT2D eigenvalue weighted by molar-refractivity contribution is 7.99. The number of halogens is 3. The van der Waals surface area contributed by atoms with Crippen LogP contribution < -0.4 is 0 Å². The summed E-state index contributed by atoms with van der Waals surface area (Å²) < 4.78 is 37.6. The van der Waals surface area contributed by atoms with Crippen molar-refractivity contribution in [2.45, 2.75) is 18.0 Å². The van der Waals surface area contributed by atoms with Crippen molar-refractivity contribution >= 4 is 17.7 Å². The maximum atomic E-state index is 12.5. The first-order chi connectivity index (χ1) is 10.3. The molecular formula is C15H12F3NO2S. The number of thioether (sulfide) groups is 1. The molecule has 1 aromatic heterocycles. The van der Waals surface area contributed by atoms with Crippen LogP contribution in [0.2, 0.25) is 0 Å². The summed E-state index contributed by atoms with van der Waals surface area (Å²) in [7, 11) is 0. The smallest absolute Gasteiger partial charge is 0.416 e. The molecule has 2 rings (SSSR count). The van der Waals surface area contributed by atoms with Crippen molar-refractivity contribution in [3.63, 3.8) is 0 Å². The Labute approximate surface area is 129 Å². The molecule has 0 saturated carbocycles. The Kier molecular flexibility index (Phi) is 4.75. The summed E-state index contributed by atoms with van der Waals surface area (Å²) in [5, 5.41) is 9.19. The van der Waals surface area contributed by atoms with Gasteiger partial charge in [0.05, 0.1) is 11.3 Å². The van der Waals surface area contributed by atoms with Crippen LogP contribution in [0.3, 0.4) is 0 Å². The average Bonchev–Trinajstić information content (AvgIpc) is 2.47. The van der Waals surface area contributed by atoms with E-state index < -0.39 is 17.7 Å². The molecule has 22 heavy (non-hydrogen) atoms. The van der Waals surface area contributed by atoms with E-state index in [9.17, 15) is 23.1 Å². The second kappa shape index (κ2) is 6.39. The van der Waals surface area contributed by atoms with E-state index in [4.69, 9.17) is 0 Å². The molecule has 7 heteroatoms. The van der Waals surface area contributed by atoms with Gasteiger partial charge in [-0.25, -0.2) is 9.78 Å². The van der Waals surface area contributed by atoms with Gasteiger partial charge in [-0.3, -0.25) is 0 Å². The average molecular weight is 327 g/mol. The van der Waals surface area contributed by atoms with Crippen molar-refractivity contribution in [1.82, 2.24) is 4.98 Å². The van der Waals surface area contributed by atoms with Crippen molar-refractivity contribution < 1.29 is 23.1 Å². The Balaban J connectivity index is 2.40. The molecule has 0 bridgehead atoms. The lowest BCUT2D eigenvalue weighted by Crippen LogP contribution is -2.05. The minimum absolute atomic E-state index is 0.0933. The van der Waals surface area contributed by atoms with E-state index in [1.54, 1.807) is 12.1 Å². The number of hydrogen-bond donors (Lipinski definition) is 1.